The van der Waals surface area contributed by atoms with Crippen LogP contribution in [0.3, 0.4) is 0 Å². The lowest BCUT2D eigenvalue weighted by Crippen LogP contribution is -2.11. The Hall–Kier alpha value is 0.320. The lowest BCUT2D eigenvalue weighted by Gasteiger charge is -2.16. The molecule has 0 N–H and O–H groups in total. The van der Waals surface area contributed by atoms with Crippen LogP contribution in [-0.2, 0) is 14.2 Å². The van der Waals surface area contributed by atoms with E-state index in [0.29, 0.717) is 35.1 Å². The van der Waals surface area contributed by atoms with E-state index in [1.165, 1.54) is 103 Å². The Labute approximate surface area is 260 Å². The van der Waals surface area contributed by atoms with Gasteiger partial charge in [-0.3, -0.25) is 0 Å². The first-order chi connectivity index (χ1) is 19.1. The smallest absolute Gasteiger partial charge is 0.149 e. The fourth-order valence-corrected chi connectivity index (χ4v) is 5.74. The highest BCUT2D eigenvalue weighted by molar-refractivity contribution is 9.09. The van der Waals surface area contributed by atoms with E-state index < -0.39 is 0 Å². The van der Waals surface area contributed by atoms with E-state index in [-0.39, 0.29) is 0 Å². The van der Waals surface area contributed by atoms with E-state index in [1.54, 1.807) is 0 Å². The number of hydrogen-bond donors (Lipinski definition) is 0. The number of allylic oxidation sites excluding steroid dienone is 4. The second-order valence-corrected chi connectivity index (χ2v) is 13.7. The molecule has 3 nitrogen and oxygen atoms in total. The molecule has 232 valence electrons. The van der Waals surface area contributed by atoms with Gasteiger partial charge >= 0.3 is 0 Å². The van der Waals surface area contributed by atoms with Crippen LogP contribution in [0.1, 0.15) is 143 Å². The van der Waals surface area contributed by atoms with Crippen LogP contribution in [0.4, 0.5) is 0 Å². The number of alkyl halides is 2. The van der Waals surface area contributed by atoms with Crippen molar-refractivity contribution in [1.29, 1.82) is 0 Å². The third-order valence-corrected chi connectivity index (χ3v) is 9.14. The van der Waals surface area contributed by atoms with E-state index in [2.05, 4.69) is 83.9 Å². The number of rotatable bonds is 30. The average Bonchev–Trinajstić information content (AvgIpc) is 2.94. The summed E-state index contributed by atoms with van der Waals surface area (Å²) >= 11 is 7.76. The summed E-state index contributed by atoms with van der Waals surface area (Å²) in [7, 11) is 0. The maximum Gasteiger partial charge on any atom is 0.149 e. The molecule has 0 radical (unpaired) electrons. The van der Waals surface area contributed by atoms with Crippen molar-refractivity contribution in [3.63, 3.8) is 0 Å². The average molecular weight is 681 g/mol. The molecule has 5 heteroatoms. The van der Waals surface area contributed by atoms with Crippen LogP contribution in [0.15, 0.2) is 24.3 Å². The van der Waals surface area contributed by atoms with Gasteiger partial charge in [-0.15, -0.1) is 0 Å². The van der Waals surface area contributed by atoms with Crippen LogP contribution < -0.4 is 0 Å². The normalized spacial score (nSPS) is 15.3. The van der Waals surface area contributed by atoms with Gasteiger partial charge in [0.05, 0.1) is 0 Å². The van der Waals surface area contributed by atoms with Gasteiger partial charge in [0.15, 0.2) is 0 Å². The quantitative estimate of drug-likeness (QED) is 0.0327. The summed E-state index contributed by atoms with van der Waals surface area (Å²) in [5, 5.41) is 0. The first-order valence-corrected chi connectivity index (χ1v) is 18.2. The fourth-order valence-electron chi connectivity index (χ4n) is 4.56. The minimum atomic E-state index is 0.312. The summed E-state index contributed by atoms with van der Waals surface area (Å²) in [6.07, 6.45) is 31.8. The number of ether oxygens (including phenoxy) is 3. The highest BCUT2D eigenvalue weighted by Crippen LogP contribution is 2.23. The van der Waals surface area contributed by atoms with Gasteiger partial charge < -0.3 is 14.2 Å². The van der Waals surface area contributed by atoms with Crippen LogP contribution in [-0.4, -0.2) is 36.5 Å². The number of hydrogen-bond acceptors (Lipinski definition) is 3. The van der Waals surface area contributed by atoms with E-state index in [1.807, 2.05) is 0 Å². The zero-order valence-electron chi connectivity index (χ0n) is 26.2. The van der Waals surface area contributed by atoms with Gasteiger partial charge in [-0.2, -0.15) is 0 Å². The first-order valence-electron chi connectivity index (χ1n) is 16.4. The topological polar surface area (TPSA) is 27.7 Å². The summed E-state index contributed by atoms with van der Waals surface area (Å²) in [6, 6.07) is 0. The second kappa shape index (κ2) is 31.3. The molecule has 0 spiro atoms. The summed E-state index contributed by atoms with van der Waals surface area (Å²) in [6.45, 7) is 11.1. The summed E-state index contributed by atoms with van der Waals surface area (Å²) in [5.41, 5.74) is 0. The molecule has 0 aliphatic heterocycles. The van der Waals surface area contributed by atoms with Gasteiger partial charge in [-0.05, 0) is 76.0 Å². The molecule has 0 aromatic rings. The van der Waals surface area contributed by atoms with Crippen molar-refractivity contribution in [3.05, 3.63) is 24.3 Å². The third kappa shape index (κ3) is 28.2. The lowest BCUT2D eigenvalue weighted by molar-refractivity contribution is -0.133. The molecule has 0 saturated heterocycles. The van der Waals surface area contributed by atoms with Crippen LogP contribution >= 0.6 is 31.9 Å². The van der Waals surface area contributed by atoms with Gasteiger partial charge in [-0.1, -0.05) is 135 Å². The largest absolute Gasteiger partial charge is 0.355 e. The Balaban J connectivity index is 4.19. The molecular formula is C34H64Br2O3. The molecule has 0 heterocycles. The highest BCUT2D eigenvalue weighted by Gasteiger charge is 2.11. The summed E-state index contributed by atoms with van der Waals surface area (Å²) < 4.78 is 17.2. The van der Waals surface area contributed by atoms with Crippen molar-refractivity contribution < 1.29 is 14.2 Å². The van der Waals surface area contributed by atoms with Crippen molar-refractivity contribution in [2.45, 2.75) is 153 Å². The van der Waals surface area contributed by atoms with Crippen molar-refractivity contribution in [2.24, 2.45) is 11.8 Å². The third-order valence-electron chi connectivity index (χ3n) is 7.31. The molecule has 0 rings (SSSR count). The monoisotopic (exact) mass is 678 g/mol. The molecule has 4 atom stereocenters. The first kappa shape index (κ1) is 39.3. The highest BCUT2D eigenvalue weighted by atomic mass is 79.9. The lowest BCUT2D eigenvalue weighted by atomic mass is 9.96. The molecule has 0 aliphatic rings. The predicted octanol–water partition coefficient (Wildman–Crippen LogP) is 11.9. The maximum atomic E-state index is 5.80. The Morgan fingerprint density at radius 1 is 0.487 bits per heavy atom. The zero-order chi connectivity index (χ0) is 28.8. The molecule has 39 heavy (non-hydrogen) atoms. The fraction of sp³-hybridized carbons (Fsp3) is 0.882. The number of unbranched alkanes of at least 4 members (excludes halogenated alkanes) is 6. The molecule has 0 aromatic heterocycles. The van der Waals surface area contributed by atoms with Crippen molar-refractivity contribution in [1.82, 2.24) is 0 Å². The van der Waals surface area contributed by atoms with Gasteiger partial charge in [0.2, 0.25) is 0 Å². The molecule has 4 unspecified atom stereocenters. The second-order valence-electron chi connectivity index (χ2n) is 11.1. The SMILES string of the molecule is CCCCC=CC(CCOCOCOCCC(C=CCCCC)CCC(Br)CCCC)CCC(Br)CCCC. The van der Waals surface area contributed by atoms with Crippen molar-refractivity contribution in [2.75, 3.05) is 26.8 Å². The standard InChI is InChI=1S/C34H64Br2O3/c1-5-9-13-15-17-31(21-23-33(35)19-11-7-3)25-27-37-29-39-30-38-28-26-32(18-16-14-10-6-2)22-24-34(36)20-12-8-4/h15-18,31-34H,5-14,19-30H2,1-4H3. The van der Waals surface area contributed by atoms with E-state index in [9.17, 15) is 0 Å². The van der Waals surface area contributed by atoms with E-state index in [4.69, 9.17) is 14.2 Å². The van der Waals surface area contributed by atoms with Crippen molar-refractivity contribution in [3.8, 4) is 0 Å². The van der Waals surface area contributed by atoms with Gasteiger partial charge in [0.1, 0.15) is 13.6 Å². The maximum absolute atomic E-state index is 5.80. The molecule has 0 aliphatic carbocycles. The van der Waals surface area contributed by atoms with E-state index >= 15 is 0 Å². The Morgan fingerprint density at radius 3 is 1.28 bits per heavy atom. The molecular weight excluding hydrogens is 616 g/mol. The molecule has 0 aromatic carbocycles. The molecule has 0 amide bonds. The van der Waals surface area contributed by atoms with Crippen LogP contribution in [0.25, 0.3) is 0 Å². The molecule has 0 saturated carbocycles. The minimum absolute atomic E-state index is 0.312. The Kier molecular flexibility index (Phi) is 31.5. The Morgan fingerprint density at radius 2 is 0.897 bits per heavy atom. The van der Waals surface area contributed by atoms with Crippen LogP contribution in [0.2, 0.25) is 0 Å². The van der Waals surface area contributed by atoms with Gasteiger partial charge in [-0.25, -0.2) is 0 Å². The minimum Gasteiger partial charge on any atom is -0.355 e. The Bertz CT molecular complexity index is 495. The molecule has 0 fully saturated rings. The van der Waals surface area contributed by atoms with Crippen LogP contribution in [0, 0.1) is 11.8 Å². The summed E-state index contributed by atoms with van der Waals surface area (Å²) in [4.78, 5) is 1.28. The van der Waals surface area contributed by atoms with Gasteiger partial charge in [0.25, 0.3) is 0 Å². The predicted molar refractivity (Wildman–Crippen MR) is 179 cm³/mol. The number of halogens is 2. The van der Waals surface area contributed by atoms with Crippen molar-refractivity contribution >= 4 is 31.9 Å². The zero-order valence-corrected chi connectivity index (χ0v) is 29.3. The molecule has 0 bridgehead atoms. The summed E-state index contributed by atoms with van der Waals surface area (Å²) in [5.74, 6) is 1.17. The van der Waals surface area contributed by atoms with E-state index in [0.717, 1.165) is 26.1 Å². The van der Waals surface area contributed by atoms with Gasteiger partial charge in [0, 0.05) is 22.9 Å². The van der Waals surface area contributed by atoms with Crippen LogP contribution in [0.5, 0.6) is 0 Å².